The molecule has 5 heteroatoms. The van der Waals surface area contributed by atoms with E-state index in [1.165, 1.54) is 12.1 Å². The second kappa shape index (κ2) is 6.33. The van der Waals surface area contributed by atoms with E-state index in [2.05, 4.69) is 31.9 Å². The molecule has 1 atom stereocenters. The van der Waals surface area contributed by atoms with Crippen LogP contribution in [0.3, 0.4) is 0 Å². The molecule has 0 fully saturated rings. The predicted octanol–water partition coefficient (Wildman–Crippen LogP) is 6.06. The van der Waals surface area contributed by atoms with Gasteiger partial charge in [0.2, 0.25) is 0 Å². The second-order valence-corrected chi connectivity index (χ2v) is 6.47. The van der Waals surface area contributed by atoms with Gasteiger partial charge < -0.3 is 0 Å². The van der Waals surface area contributed by atoms with Crippen molar-refractivity contribution in [2.75, 3.05) is 0 Å². The van der Waals surface area contributed by atoms with E-state index in [9.17, 15) is 8.78 Å². The molecular formula is C14H9Br2ClF2. The first-order valence-electron chi connectivity index (χ1n) is 5.51. The first-order valence-corrected chi connectivity index (χ1v) is 7.59. The number of hydrogen-bond donors (Lipinski definition) is 0. The molecule has 0 bridgehead atoms. The zero-order valence-electron chi connectivity index (χ0n) is 9.64. The molecule has 0 radical (unpaired) electrons. The number of alkyl halides is 1. The van der Waals surface area contributed by atoms with Crippen molar-refractivity contribution in [3.8, 4) is 0 Å². The highest BCUT2D eigenvalue weighted by Gasteiger charge is 2.17. The molecule has 0 nitrogen and oxygen atoms in total. The van der Waals surface area contributed by atoms with E-state index in [1.54, 1.807) is 24.3 Å². The average molecular weight is 410 g/mol. The van der Waals surface area contributed by atoms with Gasteiger partial charge in [0, 0.05) is 25.4 Å². The Morgan fingerprint density at radius 2 is 1.84 bits per heavy atom. The van der Waals surface area contributed by atoms with E-state index in [4.69, 9.17) is 11.6 Å². The fraction of sp³-hybridized carbons (Fsp3) is 0.143. The van der Waals surface area contributed by atoms with Crippen LogP contribution in [0, 0.1) is 11.6 Å². The maximum absolute atomic E-state index is 13.8. The van der Waals surface area contributed by atoms with Crippen molar-refractivity contribution in [1.82, 2.24) is 0 Å². The van der Waals surface area contributed by atoms with Crippen molar-refractivity contribution in [3.63, 3.8) is 0 Å². The fourth-order valence-electron chi connectivity index (χ4n) is 1.77. The molecule has 0 aromatic heterocycles. The van der Waals surface area contributed by atoms with Crippen molar-refractivity contribution >= 4 is 43.5 Å². The highest BCUT2D eigenvalue weighted by Crippen LogP contribution is 2.33. The molecule has 0 amide bonds. The van der Waals surface area contributed by atoms with Gasteiger partial charge in [-0.1, -0.05) is 55.6 Å². The summed E-state index contributed by atoms with van der Waals surface area (Å²) in [6.07, 6.45) is 0.282. The largest absolute Gasteiger partial charge is 0.207 e. The summed E-state index contributed by atoms with van der Waals surface area (Å²) < 4.78 is 28.2. The molecule has 0 aliphatic heterocycles. The number of hydrogen-bond acceptors (Lipinski definition) is 0. The molecule has 19 heavy (non-hydrogen) atoms. The number of halogens is 5. The first kappa shape index (κ1) is 14.9. The van der Waals surface area contributed by atoms with Crippen molar-refractivity contribution in [2.24, 2.45) is 0 Å². The molecule has 0 heterocycles. The van der Waals surface area contributed by atoms with Gasteiger partial charge in [0.1, 0.15) is 11.6 Å². The molecular weight excluding hydrogens is 401 g/mol. The summed E-state index contributed by atoms with van der Waals surface area (Å²) in [6, 6.07) is 9.30. The standard InChI is InChI=1S/C14H9Br2ClF2/c15-8-4-5-9(14(19)6-8)11(16)7-10-12(17)2-1-3-13(10)18/h1-6,11H,7H2. The minimum absolute atomic E-state index is 0.282. The Kier molecular flexibility index (Phi) is 4.98. The third kappa shape index (κ3) is 3.56. The zero-order chi connectivity index (χ0) is 14.0. The van der Waals surface area contributed by atoms with E-state index in [-0.39, 0.29) is 22.9 Å². The lowest BCUT2D eigenvalue weighted by atomic mass is 10.0. The van der Waals surface area contributed by atoms with E-state index < -0.39 is 0 Å². The van der Waals surface area contributed by atoms with Gasteiger partial charge in [-0.15, -0.1) is 0 Å². The lowest BCUT2D eigenvalue weighted by molar-refractivity contribution is 0.594. The Balaban J connectivity index is 2.28. The normalized spacial score (nSPS) is 12.5. The lowest BCUT2D eigenvalue weighted by Crippen LogP contribution is -2.01. The molecule has 0 spiro atoms. The molecule has 0 aliphatic carbocycles. The van der Waals surface area contributed by atoms with Crippen LogP contribution < -0.4 is 0 Å². The van der Waals surface area contributed by atoms with Gasteiger partial charge in [-0.2, -0.15) is 0 Å². The zero-order valence-corrected chi connectivity index (χ0v) is 13.6. The fourth-order valence-corrected chi connectivity index (χ4v) is 3.04. The van der Waals surface area contributed by atoms with Crippen LogP contribution in [0.5, 0.6) is 0 Å². The maximum atomic E-state index is 13.8. The first-order chi connectivity index (χ1) is 8.99. The Morgan fingerprint density at radius 1 is 1.11 bits per heavy atom. The molecule has 0 N–H and O–H groups in total. The smallest absolute Gasteiger partial charge is 0.128 e. The summed E-state index contributed by atoms with van der Waals surface area (Å²) >= 11 is 12.5. The molecule has 2 aromatic rings. The minimum atomic E-state index is -0.380. The third-order valence-corrected chi connectivity index (χ3v) is 4.41. The van der Waals surface area contributed by atoms with Crippen LogP contribution in [0.25, 0.3) is 0 Å². The molecule has 2 aromatic carbocycles. The second-order valence-electron chi connectivity index (χ2n) is 4.04. The van der Waals surface area contributed by atoms with Crippen LogP contribution in [0.4, 0.5) is 8.78 Å². The van der Waals surface area contributed by atoms with Gasteiger partial charge in [-0.25, -0.2) is 8.78 Å². The van der Waals surface area contributed by atoms with Crippen LogP contribution in [-0.4, -0.2) is 0 Å². The van der Waals surface area contributed by atoms with Crippen molar-refractivity contribution < 1.29 is 8.78 Å². The lowest BCUT2D eigenvalue weighted by Gasteiger charge is -2.13. The SMILES string of the molecule is Fc1cc(Br)ccc1C(Br)Cc1c(F)cccc1Cl. The van der Waals surface area contributed by atoms with Crippen molar-refractivity contribution in [2.45, 2.75) is 11.2 Å². The molecule has 0 saturated carbocycles. The van der Waals surface area contributed by atoms with Gasteiger partial charge in [-0.3, -0.25) is 0 Å². The summed E-state index contributed by atoms with van der Waals surface area (Å²) in [7, 11) is 0. The summed E-state index contributed by atoms with van der Waals surface area (Å²) in [5.74, 6) is -0.724. The average Bonchev–Trinajstić information content (AvgIpc) is 2.33. The summed E-state index contributed by atoms with van der Waals surface area (Å²) in [5, 5.41) is 0.349. The summed E-state index contributed by atoms with van der Waals surface area (Å²) in [5.41, 5.74) is 0.857. The van der Waals surface area contributed by atoms with E-state index in [0.29, 0.717) is 20.6 Å². The minimum Gasteiger partial charge on any atom is -0.207 e. The van der Waals surface area contributed by atoms with Gasteiger partial charge in [0.25, 0.3) is 0 Å². The molecule has 0 saturated heterocycles. The maximum Gasteiger partial charge on any atom is 0.128 e. The third-order valence-electron chi connectivity index (χ3n) is 2.74. The Morgan fingerprint density at radius 3 is 2.47 bits per heavy atom. The summed E-state index contributed by atoms with van der Waals surface area (Å²) in [4.78, 5) is -0.338. The van der Waals surface area contributed by atoms with E-state index >= 15 is 0 Å². The van der Waals surface area contributed by atoms with Crippen LogP contribution in [-0.2, 0) is 6.42 Å². The Bertz CT molecular complexity index is 582. The monoisotopic (exact) mass is 408 g/mol. The topological polar surface area (TPSA) is 0 Å². The Labute approximate surface area is 132 Å². The molecule has 1 unspecified atom stereocenters. The molecule has 0 aliphatic rings. The van der Waals surface area contributed by atoms with Crippen LogP contribution >= 0.6 is 43.5 Å². The van der Waals surface area contributed by atoms with Crippen LogP contribution in [0.2, 0.25) is 5.02 Å². The van der Waals surface area contributed by atoms with Gasteiger partial charge in [-0.05, 0) is 30.7 Å². The van der Waals surface area contributed by atoms with Gasteiger partial charge in [0.15, 0.2) is 0 Å². The van der Waals surface area contributed by atoms with E-state index in [1.807, 2.05) is 0 Å². The molecule has 100 valence electrons. The highest BCUT2D eigenvalue weighted by atomic mass is 79.9. The number of benzene rings is 2. The van der Waals surface area contributed by atoms with Crippen LogP contribution in [0.1, 0.15) is 16.0 Å². The molecule has 2 rings (SSSR count). The van der Waals surface area contributed by atoms with Gasteiger partial charge >= 0.3 is 0 Å². The Hall–Kier alpha value is -0.450. The van der Waals surface area contributed by atoms with Crippen molar-refractivity contribution in [3.05, 3.63) is 68.7 Å². The quantitative estimate of drug-likeness (QED) is 0.540. The predicted molar refractivity (Wildman–Crippen MR) is 80.9 cm³/mol. The summed E-state index contributed by atoms with van der Waals surface area (Å²) in [6.45, 7) is 0. The highest BCUT2D eigenvalue weighted by molar-refractivity contribution is 9.10. The number of rotatable bonds is 3. The van der Waals surface area contributed by atoms with Gasteiger partial charge in [0.05, 0.1) is 0 Å². The van der Waals surface area contributed by atoms with Crippen LogP contribution in [0.15, 0.2) is 40.9 Å². The van der Waals surface area contributed by atoms with E-state index in [0.717, 1.165) is 0 Å². The van der Waals surface area contributed by atoms with Crippen molar-refractivity contribution in [1.29, 1.82) is 0 Å².